The summed E-state index contributed by atoms with van der Waals surface area (Å²) < 4.78 is 10.6. The normalized spacial score (nSPS) is 37.2. The molecule has 0 N–H and O–H groups in total. The van der Waals surface area contributed by atoms with Crippen LogP contribution in [0, 0.1) is 11.3 Å². The largest absolute Gasteiger partial charge is 0.472 e. The molecule has 16 heavy (non-hydrogen) atoms. The van der Waals surface area contributed by atoms with Crippen LogP contribution in [-0.2, 0) is 9.53 Å². The minimum absolute atomic E-state index is 0.0962. The smallest absolute Gasteiger partial charge is 0.314 e. The lowest BCUT2D eigenvalue weighted by Gasteiger charge is -2.33. The van der Waals surface area contributed by atoms with Crippen LogP contribution in [0.15, 0.2) is 35.2 Å². The summed E-state index contributed by atoms with van der Waals surface area (Å²) in [6, 6.07) is 1.88. The zero-order valence-electron chi connectivity index (χ0n) is 9.18. The van der Waals surface area contributed by atoms with Crippen molar-refractivity contribution in [3.05, 3.63) is 36.3 Å². The van der Waals surface area contributed by atoms with Gasteiger partial charge in [0, 0.05) is 11.0 Å². The maximum atomic E-state index is 11.8. The summed E-state index contributed by atoms with van der Waals surface area (Å²) in [5.74, 6) is -0.203. The van der Waals surface area contributed by atoms with Crippen LogP contribution in [0.2, 0.25) is 0 Å². The molecule has 1 aromatic rings. The maximum absolute atomic E-state index is 11.8. The van der Waals surface area contributed by atoms with E-state index in [-0.39, 0.29) is 23.4 Å². The number of hydrogen-bond donors (Lipinski definition) is 0. The number of esters is 1. The van der Waals surface area contributed by atoms with E-state index in [0.29, 0.717) is 0 Å². The molecule has 1 fully saturated rings. The highest BCUT2D eigenvalue weighted by molar-refractivity contribution is 5.78. The van der Waals surface area contributed by atoms with Crippen LogP contribution in [0.3, 0.4) is 0 Å². The first kappa shape index (κ1) is 9.70. The van der Waals surface area contributed by atoms with Crippen molar-refractivity contribution < 1.29 is 13.9 Å². The van der Waals surface area contributed by atoms with Crippen LogP contribution >= 0.6 is 0 Å². The molecule has 0 aromatic carbocycles. The van der Waals surface area contributed by atoms with Crippen molar-refractivity contribution in [1.82, 2.24) is 0 Å². The fraction of sp³-hybridized carbons (Fsp3) is 0.462. The first-order valence-electron chi connectivity index (χ1n) is 5.61. The molecule has 1 aromatic heterocycles. The third-order valence-electron chi connectivity index (χ3n) is 3.82. The Bertz CT molecular complexity index is 432. The molecule has 0 bridgehead atoms. The lowest BCUT2D eigenvalue weighted by Crippen LogP contribution is -2.30. The Morgan fingerprint density at radius 3 is 3.12 bits per heavy atom. The highest BCUT2D eigenvalue weighted by atomic mass is 16.6. The van der Waals surface area contributed by atoms with Gasteiger partial charge in [0.2, 0.25) is 0 Å². The van der Waals surface area contributed by atoms with E-state index in [4.69, 9.17) is 9.15 Å². The fourth-order valence-electron chi connectivity index (χ4n) is 2.84. The monoisotopic (exact) mass is 218 g/mol. The predicted octanol–water partition coefficient (Wildman–Crippen LogP) is 2.85. The van der Waals surface area contributed by atoms with E-state index in [1.54, 1.807) is 12.5 Å². The van der Waals surface area contributed by atoms with E-state index in [2.05, 4.69) is 13.0 Å². The minimum atomic E-state index is -0.159. The average molecular weight is 218 g/mol. The van der Waals surface area contributed by atoms with Crippen molar-refractivity contribution >= 4 is 5.97 Å². The number of ether oxygens (including phenoxy) is 1. The van der Waals surface area contributed by atoms with Crippen LogP contribution in [0.1, 0.15) is 31.4 Å². The Hall–Kier alpha value is -1.51. The molecule has 1 aliphatic carbocycles. The van der Waals surface area contributed by atoms with Crippen molar-refractivity contribution in [3.8, 4) is 0 Å². The zero-order valence-corrected chi connectivity index (χ0v) is 9.18. The van der Waals surface area contributed by atoms with Gasteiger partial charge >= 0.3 is 5.97 Å². The summed E-state index contributed by atoms with van der Waals surface area (Å²) in [7, 11) is 0. The highest BCUT2D eigenvalue weighted by Gasteiger charge is 2.54. The topological polar surface area (TPSA) is 39.4 Å². The van der Waals surface area contributed by atoms with E-state index in [9.17, 15) is 4.79 Å². The van der Waals surface area contributed by atoms with Crippen molar-refractivity contribution in [3.63, 3.8) is 0 Å². The van der Waals surface area contributed by atoms with Crippen molar-refractivity contribution in [2.75, 3.05) is 0 Å². The molecule has 3 heteroatoms. The van der Waals surface area contributed by atoms with Crippen LogP contribution in [-0.4, -0.2) is 5.97 Å². The summed E-state index contributed by atoms with van der Waals surface area (Å²) in [6.07, 6.45) is 9.20. The van der Waals surface area contributed by atoms with Crippen molar-refractivity contribution in [2.24, 2.45) is 11.3 Å². The number of furan rings is 1. The van der Waals surface area contributed by atoms with Gasteiger partial charge in [0.25, 0.3) is 0 Å². The van der Waals surface area contributed by atoms with E-state index < -0.39 is 0 Å². The third kappa shape index (κ3) is 1.17. The predicted molar refractivity (Wildman–Crippen MR) is 57.5 cm³/mol. The van der Waals surface area contributed by atoms with Crippen molar-refractivity contribution in [1.29, 1.82) is 0 Å². The van der Waals surface area contributed by atoms with Crippen LogP contribution in [0.5, 0.6) is 0 Å². The molecule has 2 aliphatic rings. The summed E-state index contributed by atoms with van der Waals surface area (Å²) in [4.78, 5) is 11.8. The SMILES string of the molecule is C[C@@]12CCC=C[C@@H]1C(=O)O[C@H]2c1ccoc1. The molecule has 0 radical (unpaired) electrons. The number of cyclic esters (lactones) is 1. The molecule has 0 amide bonds. The van der Waals surface area contributed by atoms with Crippen LogP contribution in [0.4, 0.5) is 0 Å². The van der Waals surface area contributed by atoms with E-state index >= 15 is 0 Å². The maximum Gasteiger partial charge on any atom is 0.314 e. The van der Waals surface area contributed by atoms with E-state index in [1.165, 1.54) is 0 Å². The van der Waals surface area contributed by atoms with Crippen molar-refractivity contribution in [2.45, 2.75) is 25.9 Å². The van der Waals surface area contributed by atoms with Gasteiger partial charge in [0.15, 0.2) is 0 Å². The molecule has 3 atom stereocenters. The molecular formula is C13H14O3. The second-order valence-corrected chi connectivity index (χ2v) is 4.82. The van der Waals surface area contributed by atoms with Gasteiger partial charge in [-0.05, 0) is 18.9 Å². The molecule has 1 aliphatic heterocycles. The Morgan fingerprint density at radius 1 is 1.50 bits per heavy atom. The van der Waals surface area contributed by atoms with Crippen LogP contribution in [0.25, 0.3) is 0 Å². The number of allylic oxidation sites excluding steroid dienone is 1. The minimum Gasteiger partial charge on any atom is -0.472 e. The molecular weight excluding hydrogens is 204 g/mol. The van der Waals surface area contributed by atoms with Gasteiger partial charge in [0.1, 0.15) is 6.10 Å². The molecule has 0 saturated carbocycles. The first-order chi connectivity index (χ1) is 7.72. The number of hydrogen-bond acceptors (Lipinski definition) is 3. The fourth-order valence-corrected chi connectivity index (χ4v) is 2.84. The summed E-state index contributed by atoms with van der Waals surface area (Å²) in [6.45, 7) is 2.13. The third-order valence-corrected chi connectivity index (χ3v) is 3.82. The van der Waals surface area contributed by atoms with Gasteiger partial charge in [-0.15, -0.1) is 0 Å². The van der Waals surface area contributed by atoms with E-state index in [1.807, 2.05) is 12.1 Å². The average Bonchev–Trinajstić information content (AvgIpc) is 2.85. The second kappa shape index (κ2) is 3.24. The molecule has 3 nitrogen and oxygen atoms in total. The Labute approximate surface area is 94.1 Å². The quantitative estimate of drug-likeness (QED) is 0.537. The Balaban J connectivity index is 2.03. The molecule has 2 heterocycles. The molecule has 84 valence electrons. The Kier molecular flexibility index (Phi) is 1.96. The number of carbonyl (C=O) groups is 1. The molecule has 0 spiro atoms. The number of rotatable bonds is 1. The van der Waals surface area contributed by atoms with E-state index in [0.717, 1.165) is 18.4 Å². The van der Waals surface area contributed by atoms with Gasteiger partial charge in [-0.1, -0.05) is 19.1 Å². The van der Waals surface area contributed by atoms with Gasteiger partial charge in [-0.3, -0.25) is 4.79 Å². The van der Waals surface area contributed by atoms with Gasteiger partial charge < -0.3 is 9.15 Å². The molecule has 3 rings (SSSR count). The standard InChI is InChI=1S/C13H14O3/c1-13-6-3-2-4-10(13)12(14)16-11(13)9-5-7-15-8-9/h2,4-5,7-8,10-11H,3,6H2,1H3/t10-,11+,13-/m1/s1. The number of fused-ring (bicyclic) bond motifs is 1. The van der Waals surface area contributed by atoms with Gasteiger partial charge in [-0.25, -0.2) is 0 Å². The molecule has 1 saturated heterocycles. The lowest BCUT2D eigenvalue weighted by molar-refractivity contribution is -0.143. The zero-order chi connectivity index (χ0) is 11.2. The number of carbonyl (C=O) groups excluding carboxylic acids is 1. The lowest BCUT2D eigenvalue weighted by atomic mass is 9.68. The summed E-state index contributed by atoms with van der Waals surface area (Å²) in [5.41, 5.74) is 0.851. The Morgan fingerprint density at radius 2 is 2.38 bits per heavy atom. The van der Waals surface area contributed by atoms with Gasteiger partial charge in [-0.2, -0.15) is 0 Å². The second-order valence-electron chi connectivity index (χ2n) is 4.82. The summed E-state index contributed by atoms with van der Waals surface area (Å²) in [5, 5.41) is 0. The van der Waals surface area contributed by atoms with Crippen LogP contribution < -0.4 is 0 Å². The summed E-state index contributed by atoms with van der Waals surface area (Å²) >= 11 is 0. The highest BCUT2D eigenvalue weighted by Crippen LogP contribution is 2.54. The molecule has 0 unspecified atom stereocenters. The van der Waals surface area contributed by atoms with Gasteiger partial charge in [0.05, 0.1) is 18.4 Å². The first-order valence-corrected chi connectivity index (χ1v) is 5.61.